The van der Waals surface area contributed by atoms with E-state index < -0.39 is 0 Å². The number of aromatic amines is 1. The van der Waals surface area contributed by atoms with Crippen molar-refractivity contribution >= 4 is 16.8 Å². The zero-order chi connectivity index (χ0) is 15.8. The van der Waals surface area contributed by atoms with Crippen molar-refractivity contribution in [2.24, 2.45) is 0 Å². The first-order valence-electron chi connectivity index (χ1n) is 7.46. The number of fused-ring (bicyclic) bond motifs is 1. The lowest BCUT2D eigenvalue weighted by molar-refractivity contribution is 0.0947. The number of hydrogen-bond acceptors (Lipinski definition) is 5. The van der Waals surface area contributed by atoms with Gasteiger partial charge >= 0.3 is 0 Å². The molecule has 1 saturated heterocycles. The van der Waals surface area contributed by atoms with Crippen molar-refractivity contribution in [3.05, 3.63) is 41.9 Å². The number of carbonyl (C=O) groups excluding carboxylic acids is 1. The molecule has 1 amide bonds. The van der Waals surface area contributed by atoms with E-state index in [4.69, 9.17) is 4.74 Å². The van der Waals surface area contributed by atoms with Crippen molar-refractivity contribution < 1.29 is 9.53 Å². The second kappa shape index (κ2) is 5.47. The van der Waals surface area contributed by atoms with Gasteiger partial charge in [-0.2, -0.15) is 5.10 Å². The maximum Gasteiger partial charge on any atom is 0.272 e. The Hall–Kier alpha value is -2.74. The van der Waals surface area contributed by atoms with Crippen LogP contribution in [0.4, 0.5) is 0 Å². The number of nitrogens with zero attached hydrogens (tertiary/aromatic N) is 4. The Balaban J connectivity index is 1.43. The highest BCUT2D eigenvalue weighted by Gasteiger charge is 2.31. The predicted octanol–water partition coefficient (Wildman–Crippen LogP) is 1.04. The Morgan fingerprint density at radius 3 is 3.17 bits per heavy atom. The molecule has 0 aliphatic carbocycles. The van der Waals surface area contributed by atoms with Gasteiger partial charge in [0.05, 0.1) is 30.9 Å². The van der Waals surface area contributed by atoms with Gasteiger partial charge < -0.3 is 10.1 Å². The van der Waals surface area contributed by atoms with Crippen molar-refractivity contribution in [1.29, 1.82) is 0 Å². The van der Waals surface area contributed by atoms with E-state index in [1.54, 1.807) is 4.68 Å². The van der Waals surface area contributed by atoms with Crippen LogP contribution in [0.2, 0.25) is 0 Å². The van der Waals surface area contributed by atoms with Crippen LogP contribution in [0.3, 0.4) is 0 Å². The highest BCUT2D eigenvalue weighted by Crippen LogP contribution is 2.23. The molecule has 3 aromatic rings. The minimum atomic E-state index is -0.240. The smallest absolute Gasteiger partial charge is 0.272 e. The number of rotatable bonds is 5. The van der Waals surface area contributed by atoms with E-state index in [0.717, 1.165) is 17.5 Å². The van der Waals surface area contributed by atoms with Gasteiger partial charge in [-0.05, 0) is 13.0 Å². The Kier molecular flexibility index (Phi) is 3.30. The number of nitrogens with one attached hydrogen (secondary N) is 2. The van der Waals surface area contributed by atoms with Gasteiger partial charge in [-0.1, -0.05) is 23.4 Å². The highest BCUT2D eigenvalue weighted by molar-refractivity contribution is 6.04. The summed E-state index contributed by atoms with van der Waals surface area (Å²) in [5, 5.41) is 18.7. The summed E-state index contributed by atoms with van der Waals surface area (Å²) in [4.78, 5) is 12.3. The van der Waals surface area contributed by atoms with Gasteiger partial charge in [0.25, 0.3) is 5.91 Å². The summed E-state index contributed by atoms with van der Waals surface area (Å²) >= 11 is 0. The van der Waals surface area contributed by atoms with Crippen LogP contribution in [0.5, 0.6) is 0 Å². The molecule has 1 aliphatic rings. The first-order chi connectivity index (χ1) is 11.2. The third-order valence-corrected chi connectivity index (χ3v) is 3.99. The second-order valence-corrected chi connectivity index (χ2v) is 5.60. The Bertz CT molecular complexity index is 850. The third kappa shape index (κ3) is 2.68. The summed E-state index contributed by atoms with van der Waals surface area (Å²) in [7, 11) is 0. The van der Waals surface area contributed by atoms with Gasteiger partial charge in [0, 0.05) is 5.39 Å². The summed E-state index contributed by atoms with van der Waals surface area (Å²) < 4.78 is 7.02. The minimum Gasteiger partial charge on any atom is -0.371 e. The normalized spacial score (nSPS) is 18.0. The van der Waals surface area contributed by atoms with Crippen LogP contribution < -0.4 is 5.32 Å². The third-order valence-electron chi connectivity index (χ3n) is 3.99. The molecule has 1 fully saturated rings. The van der Waals surface area contributed by atoms with Gasteiger partial charge in [-0.25, -0.2) is 4.68 Å². The number of benzene rings is 1. The minimum absolute atomic E-state index is 0.155. The Morgan fingerprint density at radius 1 is 1.52 bits per heavy atom. The fourth-order valence-corrected chi connectivity index (χ4v) is 2.49. The number of amides is 1. The van der Waals surface area contributed by atoms with Crippen LogP contribution in [0.1, 0.15) is 29.1 Å². The Labute approximate surface area is 131 Å². The van der Waals surface area contributed by atoms with Crippen molar-refractivity contribution in [1.82, 2.24) is 30.5 Å². The van der Waals surface area contributed by atoms with Crippen LogP contribution in [-0.4, -0.2) is 43.8 Å². The van der Waals surface area contributed by atoms with Crippen molar-refractivity contribution in [3.63, 3.8) is 0 Å². The van der Waals surface area contributed by atoms with Crippen LogP contribution in [0.15, 0.2) is 30.5 Å². The molecular weight excluding hydrogens is 296 g/mol. The number of para-hydroxylation sites is 1. The van der Waals surface area contributed by atoms with Gasteiger partial charge in [0.1, 0.15) is 11.8 Å². The first kappa shape index (κ1) is 13.9. The molecule has 1 aliphatic heterocycles. The molecule has 2 aromatic heterocycles. The monoisotopic (exact) mass is 312 g/mol. The molecule has 8 nitrogen and oxygen atoms in total. The van der Waals surface area contributed by atoms with E-state index in [2.05, 4.69) is 25.8 Å². The molecule has 4 rings (SSSR count). The molecule has 0 saturated carbocycles. The summed E-state index contributed by atoms with van der Waals surface area (Å²) in [6, 6.07) is 7.67. The van der Waals surface area contributed by atoms with Crippen molar-refractivity contribution in [2.45, 2.75) is 25.6 Å². The topological polar surface area (TPSA) is 101 Å². The lowest BCUT2D eigenvalue weighted by Crippen LogP contribution is -2.23. The number of ether oxygens (including phenoxy) is 1. The summed E-state index contributed by atoms with van der Waals surface area (Å²) in [5.41, 5.74) is 1.92. The van der Waals surface area contributed by atoms with Gasteiger partial charge in [0.2, 0.25) is 0 Å². The molecule has 2 unspecified atom stereocenters. The number of H-pyrrole nitrogens is 1. The summed E-state index contributed by atoms with van der Waals surface area (Å²) in [5.74, 6) is -0.240. The zero-order valence-corrected chi connectivity index (χ0v) is 12.6. The Morgan fingerprint density at radius 2 is 2.35 bits per heavy atom. The van der Waals surface area contributed by atoms with Crippen LogP contribution >= 0.6 is 0 Å². The van der Waals surface area contributed by atoms with Crippen LogP contribution in [-0.2, 0) is 11.3 Å². The number of carbonyl (C=O) groups is 1. The average molecular weight is 312 g/mol. The summed E-state index contributed by atoms with van der Waals surface area (Å²) in [6.07, 6.45) is 2.05. The predicted molar refractivity (Wildman–Crippen MR) is 81.7 cm³/mol. The average Bonchev–Trinajstić information content (AvgIpc) is 3.16. The van der Waals surface area contributed by atoms with Crippen molar-refractivity contribution in [3.8, 4) is 0 Å². The molecular formula is C15H16N6O2. The quantitative estimate of drug-likeness (QED) is 0.686. The molecule has 2 atom stereocenters. The number of hydrogen-bond donors (Lipinski definition) is 2. The van der Waals surface area contributed by atoms with E-state index in [1.165, 1.54) is 0 Å². The number of epoxide rings is 1. The highest BCUT2D eigenvalue weighted by atomic mass is 16.6. The fraction of sp³-hybridized carbons (Fsp3) is 0.333. The van der Waals surface area contributed by atoms with Gasteiger partial charge in [-0.3, -0.25) is 9.89 Å². The van der Waals surface area contributed by atoms with E-state index in [-0.39, 0.29) is 18.1 Å². The molecule has 0 radical (unpaired) electrons. The molecule has 118 valence electrons. The van der Waals surface area contributed by atoms with E-state index in [0.29, 0.717) is 17.9 Å². The maximum atomic E-state index is 12.3. The van der Waals surface area contributed by atoms with Crippen LogP contribution in [0.25, 0.3) is 10.9 Å². The standard InChI is InChI=1S/C15H16N6O2/c1-9(13-8-23-13)21-7-10(17-20-21)6-16-15(22)14-11-4-2-3-5-12(11)18-19-14/h2-5,7,9,13H,6,8H2,1H3,(H,16,22)(H,18,19). The first-order valence-corrected chi connectivity index (χ1v) is 7.46. The zero-order valence-electron chi connectivity index (χ0n) is 12.6. The van der Waals surface area contributed by atoms with E-state index >= 15 is 0 Å². The second-order valence-electron chi connectivity index (χ2n) is 5.60. The molecule has 0 spiro atoms. The largest absolute Gasteiger partial charge is 0.371 e. The molecule has 2 N–H and O–H groups in total. The molecule has 3 heterocycles. The summed E-state index contributed by atoms with van der Waals surface area (Å²) in [6.45, 7) is 3.10. The van der Waals surface area contributed by atoms with Gasteiger partial charge in [0.15, 0.2) is 5.69 Å². The van der Waals surface area contributed by atoms with Crippen molar-refractivity contribution in [2.75, 3.05) is 6.61 Å². The molecule has 8 heteroatoms. The van der Waals surface area contributed by atoms with Gasteiger partial charge in [-0.15, -0.1) is 5.10 Å². The lowest BCUT2D eigenvalue weighted by atomic mass is 10.2. The van der Waals surface area contributed by atoms with E-state index in [9.17, 15) is 4.79 Å². The van der Waals surface area contributed by atoms with E-state index in [1.807, 2.05) is 37.4 Å². The SMILES string of the molecule is CC(C1CO1)n1cc(CNC(=O)c2n[nH]c3ccccc23)nn1. The maximum absolute atomic E-state index is 12.3. The lowest BCUT2D eigenvalue weighted by Gasteiger charge is -2.06. The fourth-order valence-electron chi connectivity index (χ4n) is 2.49. The number of aromatic nitrogens is 5. The van der Waals surface area contributed by atoms with Crippen LogP contribution in [0, 0.1) is 0 Å². The molecule has 23 heavy (non-hydrogen) atoms. The molecule has 1 aromatic carbocycles. The molecule has 0 bridgehead atoms.